The van der Waals surface area contributed by atoms with Crippen LogP contribution in [0.2, 0.25) is 0 Å². The number of fused-ring (bicyclic) bond motifs is 1. The van der Waals surface area contributed by atoms with E-state index in [1.54, 1.807) is 0 Å². The van der Waals surface area contributed by atoms with Crippen molar-refractivity contribution in [3.63, 3.8) is 0 Å². The fraction of sp³-hybridized carbons (Fsp3) is 0.647. The van der Waals surface area contributed by atoms with Crippen molar-refractivity contribution in [1.29, 1.82) is 0 Å². The summed E-state index contributed by atoms with van der Waals surface area (Å²) in [4.78, 5) is 0. The molecule has 1 aromatic rings. The molecular weight excluding hydrogens is 314 g/mol. The first-order valence-electron chi connectivity index (χ1n) is 7.89. The van der Waals surface area contributed by atoms with E-state index in [0.717, 1.165) is 25.8 Å². The molecule has 0 spiro atoms. The van der Waals surface area contributed by atoms with Crippen molar-refractivity contribution in [1.82, 2.24) is 5.32 Å². The zero-order valence-corrected chi connectivity index (χ0v) is 13.5. The van der Waals surface area contributed by atoms with E-state index in [1.165, 1.54) is 41.3 Å². The zero-order valence-electron chi connectivity index (χ0n) is 11.9. The van der Waals surface area contributed by atoms with Crippen LogP contribution in [0.1, 0.15) is 43.2 Å². The van der Waals surface area contributed by atoms with Gasteiger partial charge in [0.05, 0.1) is 6.10 Å². The standard InChI is InChI=1S/C17H24BrNO/c18-15-6-4-14-10-16(7-5-13(14)9-15)19-11-12-2-1-3-17(20)8-12/h4,6,9,12,16-17,19-20H,1-3,5,7-8,10-11H2. The van der Waals surface area contributed by atoms with Crippen molar-refractivity contribution < 1.29 is 5.11 Å². The van der Waals surface area contributed by atoms with Crippen LogP contribution in [0.4, 0.5) is 0 Å². The normalized spacial score (nSPS) is 30.0. The van der Waals surface area contributed by atoms with E-state index in [4.69, 9.17) is 0 Å². The monoisotopic (exact) mass is 337 g/mol. The average molecular weight is 338 g/mol. The van der Waals surface area contributed by atoms with Crippen LogP contribution >= 0.6 is 15.9 Å². The first kappa shape index (κ1) is 14.6. The number of halogens is 1. The third-order valence-electron chi connectivity index (χ3n) is 4.85. The molecule has 0 heterocycles. The largest absolute Gasteiger partial charge is 0.393 e. The fourth-order valence-electron chi connectivity index (χ4n) is 3.68. The second-order valence-electron chi connectivity index (χ2n) is 6.45. The van der Waals surface area contributed by atoms with Crippen LogP contribution in [-0.2, 0) is 12.8 Å². The summed E-state index contributed by atoms with van der Waals surface area (Å²) in [5.74, 6) is 0.671. The lowest BCUT2D eigenvalue weighted by Crippen LogP contribution is -2.39. The van der Waals surface area contributed by atoms with Crippen LogP contribution in [-0.4, -0.2) is 23.8 Å². The average Bonchev–Trinajstić information content (AvgIpc) is 2.45. The van der Waals surface area contributed by atoms with Gasteiger partial charge in [-0.3, -0.25) is 0 Å². The Balaban J connectivity index is 1.51. The molecule has 2 nitrogen and oxygen atoms in total. The molecule has 3 heteroatoms. The minimum Gasteiger partial charge on any atom is -0.393 e. The van der Waals surface area contributed by atoms with Gasteiger partial charge in [-0.15, -0.1) is 0 Å². The molecule has 1 saturated carbocycles. The number of aryl methyl sites for hydroxylation is 1. The van der Waals surface area contributed by atoms with Gasteiger partial charge in [0, 0.05) is 10.5 Å². The van der Waals surface area contributed by atoms with E-state index in [9.17, 15) is 5.11 Å². The van der Waals surface area contributed by atoms with Crippen molar-refractivity contribution in [3.8, 4) is 0 Å². The van der Waals surface area contributed by atoms with Gasteiger partial charge < -0.3 is 10.4 Å². The highest BCUT2D eigenvalue weighted by atomic mass is 79.9. The van der Waals surface area contributed by atoms with E-state index in [2.05, 4.69) is 39.4 Å². The molecule has 0 amide bonds. The molecule has 0 aliphatic heterocycles. The van der Waals surface area contributed by atoms with Gasteiger partial charge in [0.25, 0.3) is 0 Å². The maximum Gasteiger partial charge on any atom is 0.0543 e. The van der Waals surface area contributed by atoms with E-state index >= 15 is 0 Å². The Hall–Kier alpha value is -0.380. The van der Waals surface area contributed by atoms with E-state index in [0.29, 0.717) is 12.0 Å². The number of rotatable bonds is 3. The van der Waals surface area contributed by atoms with Crippen molar-refractivity contribution in [2.24, 2.45) is 5.92 Å². The van der Waals surface area contributed by atoms with Gasteiger partial charge in [0.1, 0.15) is 0 Å². The molecule has 0 bridgehead atoms. The van der Waals surface area contributed by atoms with Crippen molar-refractivity contribution in [3.05, 3.63) is 33.8 Å². The van der Waals surface area contributed by atoms with Gasteiger partial charge in [0.2, 0.25) is 0 Å². The van der Waals surface area contributed by atoms with Gasteiger partial charge in [-0.1, -0.05) is 28.4 Å². The number of hydrogen-bond acceptors (Lipinski definition) is 2. The number of nitrogens with one attached hydrogen (secondary N) is 1. The Morgan fingerprint density at radius 1 is 1.20 bits per heavy atom. The first-order valence-corrected chi connectivity index (χ1v) is 8.69. The van der Waals surface area contributed by atoms with Crippen LogP contribution in [0.25, 0.3) is 0 Å². The maximum absolute atomic E-state index is 9.74. The lowest BCUT2D eigenvalue weighted by Gasteiger charge is -2.30. The van der Waals surface area contributed by atoms with E-state index in [1.807, 2.05) is 0 Å². The number of benzene rings is 1. The van der Waals surface area contributed by atoms with Gasteiger partial charge >= 0.3 is 0 Å². The highest BCUT2D eigenvalue weighted by Gasteiger charge is 2.23. The summed E-state index contributed by atoms with van der Waals surface area (Å²) < 4.78 is 1.19. The summed E-state index contributed by atoms with van der Waals surface area (Å²) in [6.07, 6.45) is 7.97. The highest BCUT2D eigenvalue weighted by Crippen LogP contribution is 2.26. The molecule has 20 heavy (non-hydrogen) atoms. The second kappa shape index (κ2) is 6.59. The number of aliphatic hydroxyl groups is 1. The summed E-state index contributed by atoms with van der Waals surface area (Å²) in [7, 11) is 0. The van der Waals surface area contributed by atoms with Crippen molar-refractivity contribution in [2.45, 2.75) is 57.1 Å². The van der Waals surface area contributed by atoms with Crippen LogP contribution in [0.3, 0.4) is 0 Å². The predicted molar refractivity (Wildman–Crippen MR) is 85.9 cm³/mol. The second-order valence-corrected chi connectivity index (χ2v) is 7.36. The summed E-state index contributed by atoms with van der Waals surface area (Å²) in [5.41, 5.74) is 3.01. The minimum atomic E-state index is -0.0556. The van der Waals surface area contributed by atoms with Crippen molar-refractivity contribution >= 4 is 15.9 Å². The molecule has 2 N–H and O–H groups in total. The minimum absolute atomic E-state index is 0.0556. The SMILES string of the molecule is OC1CCCC(CNC2CCc3cc(Br)ccc3C2)C1. The molecule has 110 valence electrons. The Morgan fingerprint density at radius 2 is 2.10 bits per heavy atom. The molecule has 3 rings (SSSR count). The summed E-state index contributed by atoms with van der Waals surface area (Å²) in [6, 6.07) is 7.29. The molecule has 3 atom stereocenters. The third-order valence-corrected chi connectivity index (χ3v) is 5.34. The van der Waals surface area contributed by atoms with E-state index < -0.39 is 0 Å². The topological polar surface area (TPSA) is 32.3 Å². The molecule has 1 fully saturated rings. The molecule has 3 unspecified atom stereocenters. The maximum atomic E-state index is 9.74. The molecule has 0 radical (unpaired) electrons. The molecule has 0 aromatic heterocycles. The molecule has 2 aliphatic carbocycles. The van der Waals surface area contributed by atoms with Crippen LogP contribution in [0.15, 0.2) is 22.7 Å². The van der Waals surface area contributed by atoms with Crippen LogP contribution in [0, 0.1) is 5.92 Å². The van der Waals surface area contributed by atoms with Gasteiger partial charge in [0.15, 0.2) is 0 Å². The van der Waals surface area contributed by atoms with Crippen molar-refractivity contribution in [2.75, 3.05) is 6.54 Å². The fourth-order valence-corrected chi connectivity index (χ4v) is 4.09. The smallest absolute Gasteiger partial charge is 0.0543 e. The van der Waals surface area contributed by atoms with Gasteiger partial charge in [-0.2, -0.15) is 0 Å². The Labute approximate surface area is 130 Å². The predicted octanol–water partition coefficient (Wildman–Crippen LogP) is 3.45. The van der Waals surface area contributed by atoms with Gasteiger partial charge in [-0.25, -0.2) is 0 Å². The van der Waals surface area contributed by atoms with Gasteiger partial charge in [-0.05, 0) is 74.2 Å². The highest BCUT2D eigenvalue weighted by molar-refractivity contribution is 9.10. The molecule has 0 saturated heterocycles. The molecule has 1 aromatic carbocycles. The molecule has 2 aliphatic rings. The number of aliphatic hydroxyl groups excluding tert-OH is 1. The Kier molecular flexibility index (Phi) is 4.79. The summed E-state index contributed by atoms with van der Waals surface area (Å²) in [5, 5.41) is 13.5. The summed E-state index contributed by atoms with van der Waals surface area (Å²) in [6.45, 7) is 1.08. The zero-order chi connectivity index (χ0) is 13.9. The lowest BCUT2D eigenvalue weighted by molar-refractivity contribution is 0.0994. The first-order chi connectivity index (χ1) is 9.70. The third kappa shape index (κ3) is 3.63. The lowest BCUT2D eigenvalue weighted by atomic mass is 9.85. The quantitative estimate of drug-likeness (QED) is 0.885. The molecular formula is C17H24BrNO. The number of hydrogen-bond donors (Lipinski definition) is 2. The Morgan fingerprint density at radius 3 is 2.95 bits per heavy atom. The van der Waals surface area contributed by atoms with Crippen LogP contribution in [0.5, 0.6) is 0 Å². The van der Waals surface area contributed by atoms with E-state index in [-0.39, 0.29) is 6.10 Å². The Bertz CT molecular complexity index is 462. The van der Waals surface area contributed by atoms with Crippen LogP contribution < -0.4 is 5.32 Å². The summed E-state index contributed by atoms with van der Waals surface area (Å²) >= 11 is 3.55.